The molecule has 1 atom stereocenters. The Morgan fingerprint density at radius 1 is 0.957 bits per heavy atom. The Labute approximate surface area is 140 Å². The number of hydrogen-bond acceptors (Lipinski definition) is 3. The van der Waals surface area contributed by atoms with E-state index in [-0.39, 0.29) is 29.7 Å². The summed E-state index contributed by atoms with van der Waals surface area (Å²) >= 11 is 0. The highest BCUT2D eigenvalue weighted by atomic mass is 16.2. The number of carbonyl (C=O) groups is 2. The normalized spacial score (nSPS) is 26.7. The zero-order valence-electron chi connectivity index (χ0n) is 14.7. The fraction of sp³-hybridized carbons (Fsp3) is 0.889. The minimum atomic E-state index is 0.114. The SMILES string of the molecule is CCN[C@H](C)CNC(=O)C1CCC(NC(=O)C2CCCC2)CC1. The highest BCUT2D eigenvalue weighted by molar-refractivity contribution is 5.80. The van der Waals surface area contributed by atoms with Crippen molar-refractivity contribution in [2.24, 2.45) is 11.8 Å². The van der Waals surface area contributed by atoms with E-state index >= 15 is 0 Å². The van der Waals surface area contributed by atoms with Crippen LogP contribution in [0.15, 0.2) is 0 Å². The lowest BCUT2D eigenvalue weighted by Crippen LogP contribution is -2.44. The molecule has 2 fully saturated rings. The van der Waals surface area contributed by atoms with Gasteiger partial charge < -0.3 is 16.0 Å². The molecule has 0 bridgehead atoms. The molecule has 2 aliphatic rings. The van der Waals surface area contributed by atoms with Gasteiger partial charge in [0.1, 0.15) is 0 Å². The van der Waals surface area contributed by atoms with Crippen LogP contribution in [0.5, 0.6) is 0 Å². The Bertz CT molecular complexity index is 386. The van der Waals surface area contributed by atoms with Crippen molar-refractivity contribution in [2.75, 3.05) is 13.1 Å². The Balaban J connectivity index is 1.64. The van der Waals surface area contributed by atoms with Gasteiger partial charge in [-0.1, -0.05) is 19.8 Å². The third kappa shape index (κ3) is 5.79. The average molecular weight is 323 g/mol. The molecule has 2 saturated carbocycles. The van der Waals surface area contributed by atoms with Crippen LogP contribution in [0.25, 0.3) is 0 Å². The molecule has 0 spiro atoms. The Hall–Kier alpha value is -1.10. The van der Waals surface area contributed by atoms with Gasteiger partial charge in [-0.3, -0.25) is 9.59 Å². The quantitative estimate of drug-likeness (QED) is 0.671. The maximum Gasteiger partial charge on any atom is 0.223 e. The number of hydrogen-bond donors (Lipinski definition) is 3. The van der Waals surface area contributed by atoms with Crippen molar-refractivity contribution in [3.05, 3.63) is 0 Å². The van der Waals surface area contributed by atoms with Crippen LogP contribution in [-0.2, 0) is 9.59 Å². The third-order valence-corrected chi connectivity index (χ3v) is 5.31. The molecular formula is C18H33N3O2. The second-order valence-corrected chi connectivity index (χ2v) is 7.24. The molecule has 5 nitrogen and oxygen atoms in total. The summed E-state index contributed by atoms with van der Waals surface area (Å²) in [4.78, 5) is 24.4. The first-order valence-electron chi connectivity index (χ1n) is 9.41. The van der Waals surface area contributed by atoms with E-state index in [0.717, 1.165) is 45.1 Å². The lowest BCUT2D eigenvalue weighted by Gasteiger charge is -2.29. The molecule has 0 unspecified atom stereocenters. The first-order valence-corrected chi connectivity index (χ1v) is 9.41. The van der Waals surface area contributed by atoms with E-state index in [1.54, 1.807) is 0 Å². The number of likely N-dealkylation sites (N-methyl/N-ethyl adjacent to an activating group) is 1. The molecule has 0 aromatic rings. The van der Waals surface area contributed by atoms with Gasteiger partial charge in [-0.15, -0.1) is 0 Å². The van der Waals surface area contributed by atoms with E-state index in [0.29, 0.717) is 12.6 Å². The van der Waals surface area contributed by atoms with E-state index in [4.69, 9.17) is 0 Å². The van der Waals surface area contributed by atoms with Crippen molar-refractivity contribution >= 4 is 11.8 Å². The summed E-state index contributed by atoms with van der Waals surface area (Å²) in [6.07, 6.45) is 8.11. The summed E-state index contributed by atoms with van der Waals surface area (Å²) in [5.41, 5.74) is 0. The molecule has 3 N–H and O–H groups in total. The van der Waals surface area contributed by atoms with Crippen LogP contribution in [-0.4, -0.2) is 37.0 Å². The average Bonchev–Trinajstić information content (AvgIpc) is 3.08. The van der Waals surface area contributed by atoms with E-state index < -0.39 is 0 Å². The predicted molar refractivity (Wildman–Crippen MR) is 92.0 cm³/mol. The summed E-state index contributed by atoms with van der Waals surface area (Å²) in [7, 11) is 0. The molecule has 0 saturated heterocycles. The maximum atomic E-state index is 12.2. The molecule has 0 aliphatic heterocycles. The van der Waals surface area contributed by atoms with Gasteiger partial charge in [0.2, 0.25) is 11.8 Å². The number of amides is 2. The molecule has 2 aliphatic carbocycles. The molecule has 0 aromatic heterocycles. The van der Waals surface area contributed by atoms with Crippen molar-refractivity contribution in [3.63, 3.8) is 0 Å². The number of nitrogens with one attached hydrogen (secondary N) is 3. The molecule has 132 valence electrons. The molecule has 5 heteroatoms. The number of rotatable bonds is 7. The summed E-state index contributed by atoms with van der Waals surface area (Å²) in [6.45, 7) is 5.76. The van der Waals surface area contributed by atoms with Gasteiger partial charge >= 0.3 is 0 Å². The standard InChI is InChI=1S/C18H33N3O2/c1-3-19-13(2)12-20-17(22)15-8-10-16(11-9-15)21-18(23)14-6-4-5-7-14/h13-16,19H,3-12H2,1-2H3,(H,20,22)(H,21,23)/t13-,15?,16?/m1/s1. The zero-order chi connectivity index (χ0) is 16.7. The molecular weight excluding hydrogens is 290 g/mol. The second-order valence-electron chi connectivity index (χ2n) is 7.24. The molecule has 0 heterocycles. The Morgan fingerprint density at radius 3 is 2.17 bits per heavy atom. The largest absolute Gasteiger partial charge is 0.354 e. The van der Waals surface area contributed by atoms with Crippen LogP contribution in [0.1, 0.15) is 65.2 Å². The van der Waals surface area contributed by atoms with E-state index in [2.05, 4.69) is 29.8 Å². The van der Waals surface area contributed by atoms with E-state index in [9.17, 15) is 9.59 Å². The fourth-order valence-corrected chi connectivity index (χ4v) is 3.83. The molecule has 0 radical (unpaired) electrons. The van der Waals surface area contributed by atoms with Gasteiger partial charge in [-0.05, 0) is 52.0 Å². The predicted octanol–water partition coefficient (Wildman–Crippen LogP) is 1.97. The van der Waals surface area contributed by atoms with Crippen LogP contribution in [0.3, 0.4) is 0 Å². The van der Waals surface area contributed by atoms with Crippen molar-refractivity contribution < 1.29 is 9.59 Å². The highest BCUT2D eigenvalue weighted by Crippen LogP contribution is 2.27. The van der Waals surface area contributed by atoms with Crippen LogP contribution < -0.4 is 16.0 Å². The maximum absolute atomic E-state index is 12.2. The zero-order valence-corrected chi connectivity index (χ0v) is 14.7. The monoisotopic (exact) mass is 323 g/mol. The van der Waals surface area contributed by atoms with Crippen LogP contribution in [0.4, 0.5) is 0 Å². The summed E-state index contributed by atoms with van der Waals surface area (Å²) < 4.78 is 0. The first-order chi connectivity index (χ1) is 11.1. The summed E-state index contributed by atoms with van der Waals surface area (Å²) in [5.74, 6) is 0.775. The highest BCUT2D eigenvalue weighted by Gasteiger charge is 2.29. The topological polar surface area (TPSA) is 70.2 Å². The summed E-state index contributed by atoms with van der Waals surface area (Å²) in [5, 5.41) is 9.55. The molecule has 2 rings (SSSR count). The van der Waals surface area contributed by atoms with Gasteiger partial charge in [0.15, 0.2) is 0 Å². The molecule has 2 amide bonds. The lowest BCUT2D eigenvalue weighted by molar-refractivity contribution is -0.126. The van der Waals surface area contributed by atoms with E-state index in [1.165, 1.54) is 12.8 Å². The van der Waals surface area contributed by atoms with E-state index in [1.807, 2.05) is 0 Å². The smallest absolute Gasteiger partial charge is 0.223 e. The van der Waals surface area contributed by atoms with Crippen LogP contribution in [0, 0.1) is 11.8 Å². The first kappa shape index (κ1) is 18.2. The lowest BCUT2D eigenvalue weighted by atomic mass is 9.85. The third-order valence-electron chi connectivity index (χ3n) is 5.31. The van der Waals surface area contributed by atoms with Crippen LogP contribution >= 0.6 is 0 Å². The van der Waals surface area contributed by atoms with Gasteiger partial charge in [-0.25, -0.2) is 0 Å². The van der Waals surface area contributed by atoms with Crippen molar-refractivity contribution in [1.82, 2.24) is 16.0 Å². The fourth-order valence-electron chi connectivity index (χ4n) is 3.83. The van der Waals surface area contributed by atoms with Gasteiger partial charge in [0, 0.05) is 30.5 Å². The minimum absolute atomic E-state index is 0.114. The number of carbonyl (C=O) groups excluding carboxylic acids is 2. The van der Waals surface area contributed by atoms with Gasteiger partial charge in [0.25, 0.3) is 0 Å². The van der Waals surface area contributed by atoms with Crippen molar-refractivity contribution in [2.45, 2.75) is 77.3 Å². The Kier molecular flexibility index (Phi) is 7.34. The summed E-state index contributed by atoms with van der Waals surface area (Å²) in [6, 6.07) is 0.582. The Morgan fingerprint density at radius 2 is 1.57 bits per heavy atom. The van der Waals surface area contributed by atoms with Crippen molar-refractivity contribution in [3.8, 4) is 0 Å². The second kappa shape index (κ2) is 9.26. The van der Waals surface area contributed by atoms with Gasteiger partial charge in [0.05, 0.1) is 0 Å². The molecule has 0 aromatic carbocycles. The minimum Gasteiger partial charge on any atom is -0.354 e. The van der Waals surface area contributed by atoms with Crippen LogP contribution in [0.2, 0.25) is 0 Å². The molecule has 23 heavy (non-hydrogen) atoms. The van der Waals surface area contributed by atoms with Crippen molar-refractivity contribution in [1.29, 1.82) is 0 Å². The van der Waals surface area contributed by atoms with Gasteiger partial charge in [-0.2, -0.15) is 0 Å².